The molecule has 0 aromatic carbocycles. The monoisotopic (exact) mass is 504 g/mol. The fourth-order valence-corrected chi connectivity index (χ4v) is 3.44. The van der Waals surface area contributed by atoms with Gasteiger partial charge in [0, 0.05) is 25.0 Å². The van der Waals surface area contributed by atoms with Crippen molar-refractivity contribution in [2.45, 2.75) is 26.2 Å². The maximum Gasteiger partial charge on any atom is 0.320 e. The van der Waals surface area contributed by atoms with Crippen LogP contribution in [0.15, 0.2) is 55.1 Å². The molecule has 0 bridgehead atoms. The molecule has 1 aliphatic carbocycles. The maximum atomic E-state index is 13.1. The van der Waals surface area contributed by atoms with E-state index in [1.165, 1.54) is 12.4 Å². The van der Waals surface area contributed by atoms with Gasteiger partial charge in [-0.3, -0.25) is 19.9 Å². The van der Waals surface area contributed by atoms with Gasteiger partial charge in [0.15, 0.2) is 6.73 Å². The molecule has 5 N–H and O–H groups in total. The van der Waals surface area contributed by atoms with Crippen molar-refractivity contribution in [1.29, 1.82) is 0 Å². The highest BCUT2D eigenvalue weighted by molar-refractivity contribution is 6.08. The Balaban J connectivity index is 1.41. The van der Waals surface area contributed by atoms with Gasteiger partial charge in [0.2, 0.25) is 0 Å². The first-order valence-electron chi connectivity index (χ1n) is 11.9. The molecule has 1 saturated carbocycles. The molecular formula is C25H28N8O4. The number of amides is 3. The van der Waals surface area contributed by atoms with Gasteiger partial charge >= 0.3 is 12.0 Å². The zero-order valence-electron chi connectivity index (χ0n) is 20.3. The zero-order valence-corrected chi connectivity index (χ0v) is 20.3. The normalized spacial score (nSPS) is 12.6. The van der Waals surface area contributed by atoms with Crippen LogP contribution in [0, 0.1) is 5.92 Å². The van der Waals surface area contributed by atoms with Crippen molar-refractivity contribution in [2.24, 2.45) is 5.92 Å². The molecule has 0 spiro atoms. The Labute approximate surface area is 213 Å². The van der Waals surface area contributed by atoms with Crippen LogP contribution in [0.1, 0.15) is 36.5 Å². The number of ether oxygens (including phenoxy) is 1. The minimum Gasteiger partial charge on any atom is -0.444 e. The summed E-state index contributed by atoms with van der Waals surface area (Å²) < 4.78 is 5.20. The highest BCUT2D eigenvalue weighted by Crippen LogP contribution is 2.27. The van der Waals surface area contributed by atoms with Crippen LogP contribution >= 0.6 is 0 Å². The van der Waals surface area contributed by atoms with E-state index in [9.17, 15) is 14.4 Å². The molecule has 0 atom stereocenters. The summed E-state index contributed by atoms with van der Waals surface area (Å²) in [6.07, 6.45) is 8.93. The van der Waals surface area contributed by atoms with Gasteiger partial charge in [-0.2, -0.15) is 0 Å². The van der Waals surface area contributed by atoms with Crippen LogP contribution in [-0.4, -0.2) is 46.1 Å². The van der Waals surface area contributed by atoms with E-state index in [4.69, 9.17) is 4.74 Å². The van der Waals surface area contributed by atoms with E-state index in [2.05, 4.69) is 41.5 Å². The lowest BCUT2D eigenvalue weighted by atomic mass is 9.86. The first-order valence-corrected chi connectivity index (χ1v) is 11.9. The predicted molar refractivity (Wildman–Crippen MR) is 139 cm³/mol. The first-order chi connectivity index (χ1) is 18.0. The molecule has 0 aliphatic heterocycles. The highest BCUT2D eigenvalue weighted by atomic mass is 16.5. The van der Waals surface area contributed by atoms with Crippen LogP contribution < -0.4 is 26.6 Å². The second-order valence-corrected chi connectivity index (χ2v) is 8.26. The summed E-state index contributed by atoms with van der Waals surface area (Å²) >= 11 is 0. The maximum absolute atomic E-state index is 13.1. The molecular weight excluding hydrogens is 476 g/mol. The predicted octanol–water partition coefficient (Wildman–Crippen LogP) is 3.72. The van der Waals surface area contributed by atoms with E-state index in [1.807, 2.05) is 0 Å². The van der Waals surface area contributed by atoms with Crippen molar-refractivity contribution < 1.29 is 19.1 Å². The van der Waals surface area contributed by atoms with Gasteiger partial charge in [0.05, 0.1) is 40.9 Å². The molecule has 0 saturated heterocycles. The number of urea groups is 1. The summed E-state index contributed by atoms with van der Waals surface area (Å²) in [5, 5.41) is 14.1. The average Bonchev–Trinajstić information content (AvgIpc) is 2.85. The first kappa shape index (κ1) is 25.4. The second-order valence-electron chi connectivity index (χ2n) is 8.26. The number of esters is 1. The smallest absolute Gasteiger partial charge is 0.320 e. The fourth-order valence-electron chi connectivity index (χ4n) is 3.44. The van der Waals surface area contributed by atoms with Gasteiger partial charge < -0.3 is 26.0 Å². The number of hydrogen-bond donors (Lipinski definition) is 5. The Bertz CT molecular complexity index is 1230. The van der Waals surface area contributed by atoms with Crippen LogP contribution in [-0.2, 0) is 9.53 Å². The van der Waals surface area contributed by atoms with Crippen LogP contribution in [0.4, 0.5) is 33.5 Å². The Morgan fingerprint density at radius 3 is 2.51 bits per heavy atom. The number of pyridine rings is 3. The third-order valence-electron chi connectivity index (χ3n) is 5.60. The minimum atomic E-state index is -0.430. The molecule has 192 valence electrons. The molecule has 0 unspecified atom stereocenters. The third-order valence-corrected chi connectivity index (χ3v) is 5.60. The topological polar surface area (TPSA) is 159 Å². The molecule has 3 amide bonds. The van der Waals surface area contributed by atoms with Crippen LogP contribution in [0.2, 0.25) is 0 Å². The number of aromatic nitrogens is 3. The highest BCUT2D eigenvalue weighted by Gasteiger charge is 2.26. The van der Waals surface area contributed by atoms with Crippen LogP contribution in [0.5, 0.6) is 0 Å². The molecule has 4 rings (SSSR count). The molecule has 37 heavy (non-hydrogen) atoms. The van der Waals surface area contributed by atoms with Crippen LogP contribution in [0.25, 0.3) is 0 Å². The lowest BCUT2D eigenvalue weighted by molar-refractivity contribution is -0.150. The minimum absolute atomic E-state index is 0.0118. The lowest BCUT2D eigenvalue weighted by Gasteiger charge is -2.23. The molecule has 12 heteroatoms. The van der Waals surface area contributed by atoms with Crippen molar-refractivity contribution in [1.82, 2.24) is 20.3 Å². The SMILES string of the molecule is CCNC(=O)Nc1cc(Nc2cccnc2)c(C(=O)Nc2ccc(NCOC(=O)C3CCC3)nc2)cn1. The summed E-state index contributed by atoms with van der Waals surface area (Å²) in [4.78, 5) is 49.3. The van der Waals surface area contributed by atoms with E-state index in [0.29, 0.717) is 29.4 Å². The molecule has 0 radical (unpaired) electrons. The summed E-state index contributed by atoms with van der Waals surface area (Å²) in [7, 11) is 0. The van der Waals surface area contributed by atoms with Crippen LogP contribution in [0.3, 0.4) is 0 Å². The summed E-state index contributed by atoms with van der Waals surface area (Å²) in [6, 6.07) is 8.05. The standard InChI is InChI=1S/C25H28N8O4/c1-2-27-25(36)33-22-11-20(31-17-7-4-10-26-12-17)19(14-29-22)23(34)32-18-8-9-21(28-13-18)30-15-37-24(35)16-5-3-6-16/h4,7-14,16H,2-3,5-6,15H2,1H3,(H,28,30)(H,32,34)(H3,27,29,31,33,36). The second kappa shape index (κ2) is 12.3. The fraction of sp³-hybridized carbons (Fsp3) is 0.280. The molecule has 3 aromatic heterocycles. The quantitative estimate of drug-likeness (QED) is 0.205. The van der Waals surface area contributed by atoms with Gasteiger partial charge in [-0.05, 0) is 44.0 Å². The van der Waals surface area contributed by atoms with E-state index in [1.54, 1.807) is 49.6 Å². The third kappa shape index (κ3) is 7.13. The molecule has 3 aromatic rings. The number of anilines is 5. The van der Waals surface area contributed by atoms with E-state index in [0.717, 1.165) is 19.3 Å². The van der Waals surface area contributed by atoms with Crippen molar-refractivity contribution >= 4 is 46.6 Å². The van der Waals surface area contributed by atoms with Gasteiger partial charge in [-0.1, -0.05) is 6.42 Å². The summed E-state index contributed by atoms with van der Waals surface area (Å²) in [5.74, 6) is 0.155. The van der Waals surface area contributed by atoms with E-state index >= 15 is 0 Å². The molecule has 3 heterocycles. The summed E-state index contributed by atoms with van der Waals surface area (Å²) in [6.45, 7) is 2.29. The number of carbonyl (C=O) groups is 3. The molecule has 1 aliphatic rings. The van der Waals surface area contributed by atoms with Crippen molar-refractivity contribution in [3.05, 3.63) is 60.7 Å². The number of hydrogen-bond acceptors (Lipinski definition) is 9. The van der Waals surface area contributed by atoms with Crippen molar-refractivity contribution in [2.75, 3.05) is 34.5 Å². The summed E-state index contributed by atoms with van der Waals surface area (Å²) in [5.41, 5.74) is 1.78. The van der Waals surface area contributed by atoms with Gasteiger partial charge in [-0.25, -0.2) is 14.8 Å². The van der Waals surface area contributed by atoms with Gasteiger partial charge in [-0.15, -0.1) is 0 Å². The number of nitrogens with zero attached hydrogens (tertiary/aromatic N) is 3. The van der Waals surface area contributed by atoms with Gasteiger partial charge in [0.1, 0.15) is 11.6 Å². The van der Waals surface area contributed by atoms with Crippen molar-refractivity contribution in [3.63, 3.8) is 0 Å². The zero-order chi connectivity index (χ0) is 26.0. The van der Waals surface area contributed by atoms with Crippen molar-refractivity contribution in [3.8, 4) is 0 Å². The Kier molecular flexibility index (Phi) is 8.42. The number of nitrogens with one attached hydrogen (secondary N) is 5. The van der Waals surface area contributed by atoms with E-state index < -0.39 is 11.9 Å². The Morgan fingerprint density at radius 1 is 1.00 bits per heavy atom. The molecule has 12 nitrogen and oxygen atoms in total. The lowest BCUT2D eigenvalue weighted by Crippen LogP contribution is -2.28. The average molecular weight is 505 g/mol. The number of rotatable bonds is 10. The largest absolute Gasteiger partial charge is 0.444 e. The molecule has 1 fully saturated rings. The number of carbonyl (C=O) groups excluding carboxylic acids is 3. The van der Waals surface area contributed by atoms with Gasteiger partial charge in [0.25, 0.3) is 5.91 Å². The Morgan fingerprint density at radius 2 is 1.84 bits per heavy atom. The van der Waals surface area contributed by atoms with E-state index in [-0.39, 0.29) is 30.0 Å². The Hall–Kier alpha value is -4.74.